The van der Waals surface area contributed by atoms with Crippen molar-refractivity contribution < 1.29 is 5.11 Å². The molecule has 0 aliphatic heterocycles. The van der Waals surface area contributed by atoms with Gasteiger partial charge in [0, 0.05) is 12.4 Å². The van der Waals surface area contributed by atoms with Gasteiger partial charge < -0.3 is 9.67 Å². The molecular formula is C14H17NO. The van der Waals surface area contributed by atoms with Crippen molar-refractivity contribution in [2.45, 2.75) is 25.8 Å². The molecule has 0 spiro atoms. The van der Waals surface area contributed by atoms with Crippen LogP contribution in [-0.2, 0) is 0 Å². The van der Waals surface area contributed by atoms with E-state index in [0.717, 1.165) is 12.8 Å². The normalized spacial score (nSPS) is 12.6. The molecule has 0 aliphatic carbocycles. The maximum absolute atomic E-state index is 9.29. The lowest BCUT2D eigenvalue weighted by molar-refractivity contribution is 0.473. The maximum atomic E-state index is 9.29. The van der Waals surface area contributed by atoms with Crippen LogP contribution in [0.1, 0.15) is 31.4 Å². The molecule has 1 aromatic heterocycles. The third-order valence-corrected chi connectivity index (χ3v) is 2.83. The second kappa shape index (κ2) is 4.88. The van der Waals surface area contributed by atoms with Crippen molar-refractivity contribution >= 4 is 0 Å². The topological polar surface area (TPSA) is 25.2 Å². The number of phenolic OH excluding ortho intramolecular Hbond substituents is 1. The maximum Gasteiger partial charge on any atom is 0.115 e. The summed E-state index contributed by atoms with van der Waals surface area (Å²) in [6, 6.07) is 12.0. The first kappa shape index (κ1) is 10.8. The highest BCUT2D eigenvalue weighted by atomic mass is 16.3. The van der Waals surface area contributed by atoms with Crippen LogP contribution < -0.4 is 0 Å². The highest BCUT2D eigenvalue weighted by molar-refractivity contribution is 5.28. The highest BCUT2D eigenvalue weighted by Crippen LogP contribution is 2.25. The Morgan fingerprint density at radius 1 is 1.12 bits per heavy atom. The lowest BCUT2D eigenvalue weighted by Gasteiger charge is -2.18. The number of nitrogens with zero attached hydrogens (tertiary/aromatic N) is 1. The molecule has 16 heavy (non-hydrogen) atoms. The van der Waals surface area contributed by atoms with E-state index in [1.54, 1.807) is 12.1 Å². The number of hydrogen-bond acceptors (Lipinski definition) is 1. The van der Waals surface area contributed by atoms with E-state index in [1.165, 1.54) is 5.56 Å². The first-order valence-corrected chi connectivity index (χ1v) is 5.72. The van der Waals surface area contributed by atoms with Gasteiger partial charge in [0.2, 0.25) is 0 Å². The number of aromatic nitrogens is 1. The molecule has 2 nitrogen and oxygen atoms in total. The zero-order valence-corrected chi connectivity index (χ0v) is 9.50. The van der Waals surface area contributed by atoms with Gasteiger partial charge in [0.25, 0.3) is 0 Å². The van der Waals surface area contributed by atoms with E-state index in [1.807, 2.05) is 24.3 Å². The molecule has 1 heterocycles. The molecule has 0 saturated carbocycles. The molecule has 0 saturated heterocycles. The Hall–Kier alpha value is -1.70. The average Bonchev–Trinajstić information content (AvgIpc) is 2.81. The minimum atomic E-state index is 0.325. The van der Waals surface area contributed by atoms with E-state index in [0.29, 0.717) is 11.8 Å². The SMILES string of the molecule is CCCC(c1ccc(O)cc1)n1cccc1. The summed E-state index contributed by atoms with van der Waals surface area (Å²) in [5, 5.41) is 9.29. The summed E-state index contributed by atoms with van der Waals surface area (Å²) < 4.78 is 2.22. The molecule has 0 aliphatic rings. The third-order valence-electron chi connectivity index (χ3n) is 2.83. The van der Waals surface area contributed by atoms with Crippen LogP contribution in [0.15, 0.2) is 48.8 Å². The van der Waals surface area contributed by atoms with Crippen LogP contribution in [-0.4, -0.2) is 9.67 Å². The van der Waals surface area contributed by atoms with Gasteiger partial charge in [-0.3, -0.25) is 0 Å². The van der Waals surface area contributed by atoms with Crippen molar-refractivity contribution in [3.63, 3.8) is 0 Å². The zero-order chi connectivity index (χ0) is 11.4. The Labute approximate surface area is 96.2 Å². The number of aromatic hydroxyl groups is 1. The summed E-state index contributed by atoms with van der Waals surface area (Å²) in [6.07, 6.45) is 6.43. The van der Waals surface area contributed by atoms with Crippen LogP contribution >= 0.6 is 0 Å². The Morgan fingerprint density at radius 2 is 1.75 bits per heavy atom. The van der Waals surface area contributed by atoms with E-state index in [9.17, 15) is 5.11 Å². The molecule has 2 heteroatoms. The second-order valence-electron chi connectivity index (χ2n) is 4.03. The van der Waals surface area contributed by atoms with Crippen molar-refractivity contribution in [3.8, 4) is 5.75 Å². The molecule has 2 aromatic rings. The predicted octanol–water partition coefficient (Wildman–Crippen LogP) is 3.58. The molecule has 0 radical (unpaired) electrons. The molecular weight excluding hydrogens is 198 g/mol. The lowest BCUT2D eigenvalue weighted by atomic mass is 10.0. The molecule has 0 amide bonds. The smallest absolute Gasteiger partial charge is 0.115 e. The fourth-order valence-electron chi connectivity index (χ4n) is 2.01. The molecule has 1 unspecified atom stereocenters. The molecule has 0 bridgehead atoms. The van der Waals surface area contributed by atoms with Crippen molar-refractivity contribution in [2.24, 2.45) is 0 Å². The zero-order valence-electron chi connectivity index (χ0n) is 9.50. The van der Waals surface area contributed by atoms with Crippen LogP contribution in [0.2, 0.25) is 0 Å². The standard InChI is InChI=1S/C14H17NO/c1-2-5-14(15-10-3-4-11-15)12-6-8-13(16)9-7-12/h3-4,6-11,14,16H,2,5H2,1H3. The van der Waals surface area contributed by atoms with Crippen LogP contribution in [0.5, 0.6) is 5.75 Å². The first-order valence-electron chi connectivity index (χ1n) is 5.72. The van der Waals surface area contributed by atoms with Gasteiger partial charge >= 0.3 is 0 Å². The van der Waals surface area contributed by atoms with E-state index >= 15 is 0 Å². The highest BCUT2D eigenvalue weighted by Gasteiger charge is 2.11. The minimum Gasteiger partial charge on any atom is -0.508 e. The summed E-state index contributed by atoms with van der Waals surface area (Å²) in [5.74, 6) is 0.325. The largest absolute Gasteiger partial charge is 0.508 e. The third kappa shape index (κ3) is 2.27. The number of hydrogen-bond donors (Lipinski definition) is 1. The Kier molecular flexibility index (Phi) is 3.30. The summed E-state index contributed by atoms with van der Waals surface area (Å²) >= 11 is 0. The Morgan fingerprint density at radius 3 is 2.31 bits per heavy atom. The monoisotopic (exact) mass is 215 g/mol. The fraction of sp³-hybridized carbons (Fsp3) is 0.286. The van der Waals surface area contributed by atoms with Gasteiger partial charge in [-0.1, -0.05) is 25.5 Å². The van der Waals surface area contributed by atoms with Gasteiger partial charge in [-0.15, -0.1) is 0 Å². The van der Waals surface area contributed by atoms with Gasteiger partial charge in [0.05, 0.1) is 6.04 Å². The minimum absolute atomic E-state index is 0.325. The van der Waals surface area contributed by atoms with Crippen molar-refractivity contribution in [1.29, 1.82) is 0 Å². The molecule has 2 rings (SSSR count). The van der Waals surface area contributed by atoms with Gasteiger partial charge in [0.1, 0.15) is 5.75 Å². The Bertz CT molecular complexity index is 417. The molecule has 1 atom stereocenters. The van der Waals surface area contributed by atoms with E-state index in [-0.39, 0.29) is 0 Å². The lowest BCUT2D eigenvalue weighted by Crippen LogP contribution is -2.08. The van der Waals surface area contributed by atoms with E-state index in [4.69, 9.17) is 0 Å². The van der Waals surface area contributed by atoms with Crippen LogP contribution in [0.3, 0.4) is 0 Å². The van der Waals surface area contributed by atoms with Gasteiger partial charge in [-0.2, -0.15) is 0 Å². The molecule has 1 aromatic carbocycles. The molecule has 1 N–H and O–H groups in total. The van der Waals surface area contributed by atoms with Crippen molar-refractivity contribution in [1.82, 2.24) is 4.57 Å². The predicted molar refractivity (Wildman–Crippen MR) is 65.6 cm³/mol. The van der Waals surface area contributed by atoms with Gasteiger partial charge in [0.15, 0.2) is 0 Å². The quantitative estimate of drug-likeness (QED) is 0.828. The number of rotatable bonds is 4. The second-order valence-corrected chi connectivity index (χ2v) is 4.03. The summed E-state index contributed by atoms with van der Waals surface area (Å²) in [5.41, 5.74) is 1.25. The van der Waals surface area contributed by atoms with Crippen molar-refractivity contribution in [2.75, 3.05) is 0 Å². The van der Waals surface area contributed by atoms with E-state index < -0.39 is 0 Å². The van der Waals surface area contributed by atoms with Gasteiger partial charge in [-0.05, 0) is 36.2 Å². The van der Waals surface area contributed by atoms with Crippen LogP contribution in [0.4, 0.5) is 0 Å². The first-order chi connectivity index (χ1) is 7.81. The summed E-state index contributed by atoms with van der Waals surface area (Å²) in [7, 11) is 0. The number of benzene rings is 1. The van der Waals surface area contributed by atoms with E-state index in [2.05, 4.69) is 23.9 Å². The van der Waals surface area contributed by atoms with Crippen LogP contribution in [0.25, 0.3) is 0 Å². The fourth-order valence-corrected chi connectivity index (χ4v) is 2.01. The average molecular weight is 215 g/mol. The van der Waals surface area contributed by atoms with Gasteiger partial charge in [-0.25, -0.2) is 0 Å². The number of phenols is 1. The summed E-state index contributed by atoms with van der Waals surface area (Å²) in [4.78, 5) is 0. The molecule has 84 valence electrons. The molecule has 0 fully saturated rings. The Balaban J connectivity index is 2.29. The van der Waals surface area contributed by atoms with Crippen LogP contribution in [0, 0.1) is 0 Å². The summed E-state index contributed by atoms with van der Waals surface area (Å²) in [6.45, 7) is 2.19. The van der Waals surface area contributed by atoms with Crippen molar-refractivity contribution in [3.05, 3.63) is 54.4 Å².